The Morgan fingerprint density at radius 1 is 0.939 bits per heavy atom. The van der Waals surface area contributed by atoms with E-state index in [1.54, 1.807) is 49.4 Å². The van der Waals surface area contributed by atoms with Gasteiger partial charge in [-0.15, -0.1) is 0 Å². The van der Waals surface area contributed by atoms with E-state index in [2.05, 4.69) is 10.4 Å². The van der Waals surface area contributed by atoms with Crippen LogP contribution in [0.1, 0.15) is 21.5 Å². The Bertz CT molecular complexity index is 1220. The van der Waals surface area contributed by atoms with E-state index in [-0.39, 0.29) is 5.91 Å². The minimum absolute atomic E-state index is 0.250. The van der Waals surface area contributed by atoms with Gasteiger partial charge in [-0.05, 0) is 29.8 Å². The molecule has 0 aliphatic rings. The van der Waals surface area contributed by atoms with E-state index in [4.69, 9.17) is 14.2 Å². The Kier molecular flexibility index (Phi) is 6.90. The highest BCUT2D eigenvalue weighted by Crippen LogP contribution is 2.31. The van der Waals surface area contributed by atoms with Crippen molar-refractivity contribution in [3.8, 4) is 17.2 Å². The average Bonchev–Trinajstić information content (AvgIpc) is 3.29. The number of nitrogens with one attached hydrogen (secondary N) is 1. The number of methoxy groups -OCH3 is 2. The molecule has 0 unspecified atom stereocenters. The second kappa shape index (κ2) is 10.4. The summed E-state index contributed by atoms with van der Waals surface area (Å²) in [7, 11) is 3.19. The molecule has 3 aromatic carbocycles. The SMILES string of the molecule is COc1cccc(Cn2nccc2NC(=O)c2cccc(OCc3ccccc3)c2)c1OC. The van der Waals surface area contributed by atoms with Crippen LogP contribution in [-0.2, 0) is 13.2 Å². The quantitative estimate of drug-likeness (QED) is 0.403. The molecule has 0 bridgehead atoms. The monoisotopic (exact) mass is 443 g/mol. The first-order valence-electron chi connectivity index (χ1n) is 10.5. The maximum atomic E-state index is 12.9. The number of carbonyl (C=O) groups excluding carboxylic acids is 1. The van der Waals surface area contributed by atoms with Gasteiger partial charge in [0.15, 0.2) is 11.5 Å². The van der Waals surface area contributed by atoms with Gasteiger partial charge in [-0.1, -0.05) is 48.5 Å². The fourth-order valence-electron chi connectivity index (χ4n) is 3.46. The summed E-state index contributed by atoms with van der Waals surface area (Å²) < 4.78 is 18.4. The van der Waals surface area contributed by atoms with Gasteiger partial charge in [-0.25, -0.2) is 4.68 Å². The van der Waals surface area contributed by atoms with Crippen molar-refractivity contribution in [2.75, 3.05) is 19.5 Å². The highest BCUT2D eigenvalue weighted by Gasteiger charge is 2.14. The molecule has 0 fully saturated rings. The summed E-state index contributed by atoms with van der Waals surface area (Å²) >= 11 is 0. The molecule has 33 heavy (non-hydrogen) atoms. The summed E-state index contributed by atoms with van der Waals surface area (Å²) in [6.45, 7) is 0.838. The number of hydrogen-bond donors (Lipinski definition) is 1. The number of carbonyl (C=O) groups is 1. The van der Waals surface area contributed by atoms with Gasteiger partial charge in [-0.2, -0.15) is 5.10 Å². The summed E-state index contributed by atoms with van der Waals surface area (Å²) in [4.78, 5) is 12.9. The van der Waals surface area contributed by atoms with Gasteiger partial charge in [0, 0.05) is 17.2 Å². The number of rotatable bonds is 9. The molecule has 0 atom stereocenters. The zero-order valence-corrected chi connectivity index (χ0v) is 18.5. The molecule has 7 nitrogen and oxygen atoms in total. The van der Waals surface area contributed by atoms with Gasteiger partial charge in [0.05, 0.1) is 27.0 Å². The fraction of sp³-hybridized carbons (Fsp3) is 0.154. The summed E-state index contributed by atoms with van der Waals surface area (Å²) in [6, 6.07) is 24.4. The molecule has 1 N–H and O–H groups in total. The van der Waals surface area contributed by atoms with Crippen molar-refractivity contribution in [3.05, 3.63) is 102 Å². The fourth-order valence-corrected chi connectivity index (χ4v) is 3.46. The molecule has 1 heterocycles. The molecule has 168 valence electrons. The van der Waals surface area contributed by atoms with E-state index >= 15 is 0 Å². The smallest absolute Gasteiger partial charge is 0.256 e. The first-order chi connectivity index (χ1) is 16.2. The van der Waals surface area contributed by atoms with Crippen molar-refractivity contribution in [1.82, 2.24) is 9.78 Å². The lowest BCUT2D eigenvalue weighted by molar-refractivity contribution is 0.102. The maximum Gasteiger partial charge on any atom is 0.256 e. The molecule has 0 aliphatic heterocycles. The normalized spacial score (nSPS) is 10.5. The van der Waals surface area contributed by atoms with Gasteiger partial charge >= 0.3 is 0 Å². The van der Waals surface area contributed by atoms with Gasteiger partial charge in [0.25, 0.3) is 5.91 Å². The first kappa shape index (κ1) is 22.0. The molecule has 1 amide bonds. The molecule has 4 aromatic rings. The second-order valence-corrected chi connectivity index (χ2v) is 7.28. The lowest BCUT2D eigenvalue weighted by atomic mass is 10.2. The van der Waals surface area contributed by atoms with Crippen LogP contribution in [0.2, 0.25) is 0 Å². The van der Waals surface area contributed by atoms with Crippen molar-refractivity contribution >= 4 is 11.7 Å². The summed E-state index contributed by atoms with van der Waals surface area (Å²) in [6.07, 6.45) is 1.64. The maximum absolute atomic E-state index is 12.9. The number of aromatic nitrogens is 2. The largest absolute Gasteiger partial charge is 0.493 e. The second-order valence-electron chi connectivity index (χ2n) is 7.28. The van der Waals surface area contributed by atoms with Crippen molar-refractivity contribution in [2.45, 2.75) is 13.2 Å². The molecule has 0 saturated heterocycles. The van der Waals surface area contributed by atoms with Crippen LogP contribution < -0.4 is 19.5 Å². The number of hydrogen-bond acceptors (Lipinski definition) is 5. The topological polar surface area (TPSA) is 74.6 Å². The molecule has 0 radical (unpaired) electrons. The van der Waals surface area contributed by atoms with Crippen molar-refractivity contribution in [1.29, 1.82) is 0 Å². The lowest BCUT2D eigenvalue weighted by Gasteiger charge is -2.14. The van der Waals surface area contributed by atoms with Crippen LogP contribution in [0.4, 0.5) is 5.82 Å². The summed E-state index contributed by atoms with van der Waals surface area (Å²) in [5.41, 5.74) is 2.43. The predicted octanol–water partition coefficient (Wildman–Crippen LogP) is 4.78. The Morgan fingerprint density at radius 3 is 2.55 bits per heavy atom. The van der Waals surface area contributed by atoms with Crippen LogP contribution in [-0.4, -0.2) is 29.9 Å². The zero-order chi connectivity index (χ0) is 23.0. The number of benzene rings is 3. The molecule has 7 heteroatoms. The minimum Gasteiger partial charge on any atom is -0.493 e. The van der Waals surface area contributed by atoms with E-state index in [1.807, 2.05) is 54.6 Å². The van der Waals surface area contributed by atoms with E-state index in [0.29, 0.717) is 41.8 Å². The van der Waals surface area contributed by atoms with Gasteiger partial charge in [0.2, 0.25) is 0 Å². The highest BCUT2D eigenvalue weighted by atomic mass is 16.5. The first-order valence-corrected chi connectivity index (χ1v) is 10.5. The van der Waals surface area contributed by atoms with E-state index in [0.717, 1.165) is 11.1 Å². The Hall–Kier alpha value is -4.26. The van der Waals surface area contributed by atoms with E-state index in [9.17, 15) is 4.79 Å². The van der Waals surface area contributed by atoms with Crippen LogP contribution in [0.15, 0.2) is 85.1 Å². The highest BCUT2D eigenvalue weighted by molar-refractivity contribution is 6.04. The van der Waals surface area contributed by atoms with Crippen LogP contribution in [0.5, 0.6) is 17.2 Å². The Labute approximate surface area is 192 Å². The van der Waals surface area contributed by atoms with Crippen LogP contribution in [0, 0.1) is 0 Å². The molecular weight excluding hydrogens is 418 g/mol. The number of anilines is 1. The van der Waals surface area contributed by atoms with E-state index < -0.39 is 0 Å². The minimum atomic E-state index is -0.250. The third kappa shape index (κ3) is 5.33. The number of amides is 1. The third-order valence-corrected chi connectivity index (χ3v) is 5.11. The van der Waals surface area contributed by atoms with Crippen molar-refractivity contribution in [2.24, 2.45) is 0 Å². The summed E-state index contributed by atoms with van der Waals surface area (Å²) in [5, 5.41) is 7.28. The standard InChI is InChI=1S/C26H25N3O4/c1-31-23-13-7-11-21(25(23)32-2)17-29-24(14-15-27-29)28-26(30)20-10-6-12-22(16-20)33-18-19-8-4-3-5-9-19/h3-16H,17-18H2,1-2H3,(H,28,30). The molecule has 4 rings (SSSR count). The summed E-state index contributed by atoms with van der Waals surface area (Å²) in [5.74, 6) is 2.22. The Morgan fingerprint density at radius 2 is 1.76 bits per heavy atom. The molecular formula is C26H25N3O4. The molecule has 0 aliphatic carbocycles. The predicted molar refractivity (Wildman–Crippen MR) is 126 cm³/mol. The van der Waals surface area contributed by atoms with Crippen LogP contribution in [0.25, 0.3) is 0 Å². The number of para-hydroxylation sites is 1. The van der Waals surface area contributed by atoms with Crippen molar-refractivity contribution in [3.63, 3.8) is 0 Å². The van der Waals surface area contributed by atoms with Crippen LogP contribution >= 0.6 is 0 Å². The third-order valence-electron chi connectivity index (χ3n) is 5.11. The van der Waals surface area contributed by atoms with Gasteiger partial charge in [-0.3, -0.25) is 4.79 Å². The van der Waals surface area contributed by atoms with Gasteiger partial charge in [0.1, 0.15) is 18.2 Å². The van der Waals surface area contributed by atoms with Crippen molar-refractivity contribution < 1.29 is 19.0 Å². The number of ether oxygens (including phenoxy) is 3. The molecule has 0 saturated carbocycles. The number of nitrogens with zero attached hydrogens (tertiary/aromatic N) is 2. The van der Waals surface area contributed by atoms with Crippen LogP contribution in [0.3, 0.4) is 0 Å². The van der Waals surface area contributed by atoms with E-state index in [1.165, 1.54) is 0 Å². The molecule has 1 aromatic heterocycles. The molecule has 0 spiro atoms. The lowest BCUT2D eigenvalue weighted by Crippen LogP contribution is -2.16. The van der Waals surface area contributed by atoms with Gasteiger partial charge < -0.3 is 19.5 Å². The average molecular weight is 444 g/mol. The zero-order valence-electron chi connectivity index (χ0n) is 18.5. The Balaban J connectivity index is 1.46.